The third-order valence-electron chi connectivity index (χ3n) is 1.94. The van der Waals surface area contributed by atoms with E-state index in [0.29, 0.717) is 6.42 Å². The number of carbonyl (C=O) groups excluding carboxylic acids is 1. The van der Waals surface area contributed by atoms with Crippen LogP contribution in [-0.2, 0) is 4.79 Å². The molecule has 1 atom stereocenters. The molecule has 11 heavy (non-hydrogen) atoms. The molecule has 2 nitrogen and oxygen atoms in total. The molecule has 1 saturated heterocycles. The van der Waals surface area contributed by atoms with Gasteiger partial charge in [0.05, 0.1) is 5.92 Å². The molecule has 0 spiro atoms. The summed E-state index contributed by atoms with van der Waals surface area (Å²) in [5.74, 6) is 2.67. The van der Waals surface area contributed by atoms with E-state index in [9.17, 15) is 4.79 Å². The van der Waals surface area contributed by atoms with Gasteiger partial charge in [-0.05, 0) is 12.6 Å². The average Bonchev–Trinajstić information content (AvgIpc) is 2.34. The lowest BCUT2D eigenvalue weighted by Crippen LogP contribution is -2.21. The Labute approximate surface area is 66.9 Å². The van der Waals surface area contributed by atoms with Crippen molar-refractivity contribution in [2.75, 3.05) is 6.54 Å². The molecular weight excluding hydrogens is 138 g/mol. The van der Waals surface area contributed by atoms with E-state index in [1.54, 1.807) is 11.1 Å². The van der Waals surface area contributed by atoms with Crippen LogP contribution in [0.25, 0.3) is 0 Å². The molecule has 0 aliphatic carbocycles. The van der Waals surface area contributed by atoms with Crippen LogP contribution >= 0.6 is 0 Å². The van der Waals surface area contributed by atoms with Gasteiger partial charge in [-0.1, -0.05) is 6.58 Å². The van der Waals surface area contributed by atoms with Crippen LogP contribution in [0.4, 0.5) is 0 Å². The van der Waals surface area contributed by atoms with Gasteiger partial charge < -0.3 is 4.90 Å². The summed E-state index contributed by atoms with van der Waals surface area (Å²) < 4.78 is 0. The smallest absolute Gasteiger partial charge is 0.230 e. The van der Waals surface area contributed by atoms with Gasteiger partial charge in [0.1, 0.15) is 0 Å². The predicted octanol–water partition coefficient (Wildman–Crippen LogP) is 1.00. The maximum Gasteiger partial charge on any atom is 0.230 e. The van der Waals surface area contributed by atoms with E-state index in [1.807, 2.05) is 0 Å². The predicted molar refractivity (Wildman–Crippen MR) is 43.5 cm³/mol. The zero-order valence-electron chi connectivity index (χ0n) is 6.42. The fourth-order valence-corrected chi connectivity index (χ4v) is 1.28. The molecule has 1 aliphatic rings. The summed E-state index contributed by atoms with van der Waals surface area (Å²) in [5, 5.41) is 0. The van der Waals surface area contributed by atoms with E-state index in [1.165, 1.54) is 0 Å². The van der Waals surface area contributed by atoms with Crippen molar-refractivity contribution in [3.63, 3.8) is 0 Å². The van der Waals surface area contributed by atoms with Crippen LogP contribution in [0.5, 0.6) is 0 Å². The van der Waals surface area contributed by atoms with Crippen molar-refractivity contribution in [3.05, 3.63) is 12.8 Å². The van der Waals surface area contributed by atoms with Crippen molar-refractivity contribution >= 4 is 5.91 Å². The Morgan fingerprint density at radius 3 is 3.09 bits per heavy atom. The first-order valence-electron chi connectivity index (χ1n) is 3.66. The first-order valence-corrected chi connectivity index (χ1v) is 3.66. The van der Waals surface area contributed by atoms with Crippen LogP contribution in [-0.4, -0.2) is 17.4 Å². The second-order valence-electron chi connectivity index (χ2n) is 2.61. The molecule has 0 radical (unpaired) electrons. The molecule has 0 N–H and O–H groups in total. The highest BCUT2D eigenvalue weighted by Gasteiger charge is 2.28. The fourth-order valence-electron chi connectivity index (χ4n) is 1.28. The largest absolute Gasteiger partial charge is 0.319 e. The van der Waals surface area contributed by atoms with Crippen LogP contribution in [0.1, 0.15) is 12.8 Å². The third kappa shape index (κ3) is 1.43. The molecule has 1 fully saturated rings. The van der Waals surface area contributed by atoms with Crippen LogP contribution in [0.2, 0.25) is 0 Å². The van der Waals surface area contributed by atoms with E-state index < -0.39 is 0 Å². The van der Waals surface area contributed by atoms with Crippen molar-refractivity contribution < 1.29 is 4.79 Å². The Balaban J connectivity index is 2.57. The van der Waals surface area contributed by atoms with E-state index in [4.69, 9.17) is 6.42 Å². The third-order valence-corrected chi connectivity index (χ3v) is 1.94. The van der Waals surface area contributed by atoms with Gasteiger partial charge in [0.2, 0.25) is 5.91 Å². The zero-order chi connectivity index (χ0) is 8.27. The number of likely N-dealkylation sites (tertiary alicyclic amines) is 1. The highest BCUT2D eigenvalue weighted by molar-refractivity contribution is 5.82. The minimum Gasteiger partial charge on any atom is -0.319 e. The summed E-state index contributed by atoms with van der Waals surface area (Å²) in [4.78, 5) is 12.9. The maximum atomic E-state index is 11.3. The van der Waals surface area contributed by atoms with Crippen LogP contribution in [0, 0.1) is 18.3 Å². The van der Waals surface area contributed by atoms with Crippen molar-refractivity contribution in [2.45, 2.75) is 12.8 Å². The molecule has 0 saturated carbocycles. The van der Waals surface area contributed by atoms with Gasteiger partial charge in [-0.25, -0.2) is 0 Å². The highest BCUT2D eigenvalue weighted by atomic mass is 16.2. The molecule has 1 aliphatic heterocycles. The Morgan fingerprint density at radius 2 is 2.64 bits per heavy atom. The molecule has 58 valence electrons. The summed E-state index contributed by atoms with van der Waals surface area (Å²) in [5.41, 5.74) is 0. The lowest BCUT2D eigenvalue weighted by molar-refractivity contribution is -0.128. The monoisotopic (exact) mass is 149 g/mol. The maximum absolute atomic E-state index is 11.3. The number of rotatable bonds is 2. The van der Waals surface area contributed by atoms with Crippen molar-refractivity contribution in [1.29, 1.82) is 0 Å². The first kappa shape index (κ1) is 7.87. The lowest BCUT2D eigenvalue weighted by Gasteiger charge is -2.08. The van der Waals surface area contributed by atoms with Crippen molar-refractivity contribution in [2.24, 2.45) is 5.92 Å². The molecule has 0 aromatic heterocycles. The topological polar surface area (TPSA) is 20.3 Å². The summed E-state index contributed by atoms with van der Waals surface area (Å²) >= 11 is 0. The number of carbonyl (C=O) groups is 1. The highest BCUT2D eigenvalue weighted by Crippen LogP contribution is 2.20. The summed E-state index contributed by atoms with van der Waals surface area (Å²) in [6.07, 6.45) is 8.11. The fraction of sp³-hybridized carbons (Fsp3) is 0.444. The van der Waals surface area contributed by atoms with E-state index in [-0.39, 0.29) is 11.8 Å². The second-order valence-corrected chi connectivity index (χ2v) is 2.61. The number of amides is 1. The Hall–Kier alpha value is -1.23. The molecule has 2 heteroatoms. The van der Waals surface area contributed by atoms with Gasteiger partial charge in [0.15, 0.2) is 0 Å². The van der Waals surface area contributed by atoms with Gasteiger partial charge in [0.25, 0.3) is 0 Å². The number of hydrogen-bond donors (Lipinski definition) is 0. The van der Waals surface area contributed by atoms with Crippen LogP contribution in [0.15, 0.2) is 12.8 Å². The Kier molecular flexibility index (Phi) is 2.32. The van der Waals surface area contributed by atoms with Crippen molar-refractivity contribution in [3.8, 4) is 12.3 Å². The standard InChI is InChI=1S/C9H11NO/c1-3-5-8-6-7-10(4-2)9(8)11/h1,4,8H,2,5-7H2/t8-/m1/s1. The molecule has 1 amide bonds. The van der Waals surface area contributed by atoms with Crippen molar-refractivity contribution in [1.82, 2.24) is 4.90 Å². The van der Waals surface area contributed by atoms with E-state index >= 15 is 0 Å². The number of terminal acetylenes is 1. The number of hydrogen-bond acceptors (Lipinski definition) is 1. The van der Waals surface area contributed by atoms with Crippen LogP contribution < -0.4 is 0 Å². The minimum absolute atomic E-state index is 0.0398. The molecule has 0 aromatic rings. The van der Waals surface area contributed by atoms with Gasteiger partial charge in [0, 0.05) is 13.0 Å². The molecule has 0 unspecified atom stereocenters. The zero-order valence-corrected chi connectivity index (χ0v) is 6.42. The van der Waals surface area contributed by atoms with Gasteiger partial charge in [-0.15, -0.1) is 12.3 Å². The normalized spacial score (nSPS) is 23.4. The Morgan fingerprint density at radius 1 is 1.91 bits per heavy atom. The SMILES string of the molecule is C#CC[C@@H]1CCN(C=C)C1=O. The molecule has 0 aromatic carbocycles. The minimum atomic E-state index is 0.0398. The van der Waals surface area contributed by atoms with Gasteiger partial charge in [-0.2, -0.15) is 0 Å². The summed E-state index contributed by atoms with van der Waals surface area (Å²) in [6, 6.07) is 0. The average molecular weight is 149 g/mol. The summed E-state index contributed by atoms with van der Waals surface area (Å²) in [6.45, 7) is 4.31. The molecule has 0 bridgehead atoms. The quantitative estimate of drug-likeness (QED) is 0.536. The van der Waals surface area contributed by atoms with E-state index in [2.05, 4.69) is 12.5 Å². The number of nitrogens with zero attached hydrogens (tertiary/aromatic N) is 1. The molecule has 1 rings (SSSR count). The van der Waals surface area contributed by atoms with Crippen LogP contribution in [0.3, 0.4) is 0 Å². The summed E-state index contributed by atoms with van der Waals surface area (Å²) in [7, 11) is 0. The van der Waals surface area contributed by atoms with E-state index in [0.717, 1.165) is 13.0 Å². The second kappa shape index (κ2) is 3.25. The molecule has 1 heterocycles. The van der Waals surface area contributed by atoms with Gasteiger partial charge in [-0.3, -0.25) is 4.79 Å². The van der Waals surface area contributed by atoms with Gasteiger partial charge >= 0.3 is 0 Å². The Bertz CT molecular complexity index is 214. The molecular formula is C9H11NO. The first-order chi connectivity index (χ1) is 5.29. The lowest BCUT2D eigenvalue weighted by atomic mass is 10.1.